The standard InChI is InChI=1S/C15H8Br2Cl2N2/c1-7-11(17)5-4-10-13(7)20-15(21-14(10)19)9-3-2-8(16)6-12(9)18/h2-6H,1H3. The Balaban J connectivity index is 2.31. The Labute approximate surface area is 148 Å². The Morgan fingerprint density at radius 2 is 1.76 bits per heavy atom. The summed E-state index contributed by atoms with van der Waals surface area (Å²) in [6.45, 7) is 1.99. The molecule has 1 heterocycles. The molecule has 3 aromatic rings. The van der Waals surface area contributed by atoms with Crippen LogP contribution in [0.4, 0.5) is 0 Å². The number of aryl methyl sites for hydroxylation is 1. The van der Waals surface area contributed by atoms with E-state index < -0.39 is 0 Å². The molecule has 2 nitrogen and oxygen atoms in total. The topological polar surface area (TPSA) is 25.8 Å². The van der Waals surface area contributed by atoms with Gasteiger partial charge in [-0.1, -0.05) is 55.1 Å². The highest BCUT2D eigenvalue weighted by atomic mass is 79.9. The van der Waals surface area contributed by atoms with Crippen LogP contribution in [-0.2, 0) is 0 Å². The van der Waals surface area contributed by atoms with Crippen molar-refractivity contribution in [3.8, 4) is 11.4 Å². The third kappa shape index (κ3) is 2.82. The normalized spacial score (nSPS) is 11.1. The third-order valence-corrected chi connectivity index (χ3v) is 5.13. The molecule has 0 spiro atoms. The molecule has 0 aliphatic heterocycles. The van der Waals surface area contributed by atoms with Gasteiger partial charge in [-0.05, 0) is 42.8 Å². The van der Waals surface area contributed by atoms with E-state index in [-0.39, 0.29) is 0 Å². The summed E-state index contributed by atoms with van der Waals surface area (Å²) < 4.78 is 1.89. The van der Waals surface area contributed by atoms with Gasteiger partial charge in [-0.15, -0.1) is 0 Å². The fourth-order valence-electron chi connectivity index (χ4n) is 2.06. The second-order valence-electron chi connectivity index (χ2n) is 4.53. The largest absolute Gasteiger partial charge is 0.228 e. The van der Waals surface area contributed by atoms with Crippen molar-refractivity contribution in [2.24, 2.45) is 0 Å². The minimum atomic E-state index is 0.421. The molecule has 0 aliphatic carbocycles. The molecular formula is C15H8Br2Cl2N2. The van der Waals surface area contributed by atoms with E-state index in [1.165, 1.54) is 0 Å². The molecule has 0 saturated heterocycles. The molecule has 0 fully saturated rings. The van der Waals surface area contributed by atoms with Crippen LogP contribution in [0.1, 0.15) is 5.56 Å². The first-order chi connectivity index (χ1) is 9.97. The molecule has 3 rings (SSSR count). The number of hydrogen-bond acceptors (Lipinski definition) is 2. The van der Waals surface area contributed by atoms with E-state index in [2.05, 4.69) is 41.8 Å². The quantitative estimate of drug-likeness (QED) is 0.402. The number of nitrogens with zero attached hydrogens (tertiary/aromatic N) is 2. The van der Waals surface area contributed by atoms with Crippen LogP contribution < -0.4 is 0 Å². The van der Waals surface area contributed by atoms with Gasteiger partial charge in [-0.2, -0.15) is 0 Å². The first-order valence-electron chi connectivity index (χ1n) is 6.05. The highest BCUT2D eigenvalue weighted by Gasteiger charge is 2.13. The summed E-state index contributed by atoms with van der Waals surface area (Å²) in [5, 5.41) is 1.83. The van der Waals surface area contributed by atoms with Gasteiger partial charge in [-0.3, -0.25) is 0 Å². The highest BCUT2D eigenvalue weighted by molar-refractivity contribution is 9.10. The molecule has 1 aromatic heterocycles. The average Bonchev–Trinajstić information content (AvgIpc) is 2.43. The molecule has 0 N–H and O–H groups in total. The van der Waals surface area contributed by atoms with Crippen LogP contribution in [0.5, 0.6) is 0 Å². The maximum absolute atomic E-state index is 6.30. The molecule has 0 atom stereocenters. The zero-order valence-electron chi connectivity index (χ0n) is 10.8. The molecule has 0 bridgehead atoms. The third-order valence-electron chi connectivity index (χ3n) is 3.18. The minimum absolute atomic E-state index is 0.421. The van der Waals surface area contributed by atoms with Gasteiger partial charge in [0.25, 0.3) is 0 Å². The Hall–Kier alpha value is -0.680. The van der Waals surface area contributed by atoms with Crippen molar-refractivity contribution in [2.75, 3.05) is 0 Å². The van der Waals surface area contributed by atoms with Gasteiger partial charge >= 0.3 is 0 Å². The van der Waals surface area contributed by atoms with E-state index in [0.29, 0.717) is 16.0 Å². The Kier molecular flexibility index (Phi) is 4.23. The summed E-state index contributed by atoms with van der Waals surface area (Å²) in [6.07, 6.45) is 0. The van der Waals surface area contributed by atoms with E-state index in [1.54, 1.807) is 0 Å². The summed E-state index contributed by atoms with van der Waals surface area (Å²) >= 11 is 19.5. The molecule has 106 valence electrons. The highest BCUT2D eigenvalue weighted by Crippen LogP contribution is 2.33. The van der Waals surface area contributed by atoms with Gasteiger partial charge in [0.2, 0.25) is 0 Å². The lowest BCUT2D eigenvalue weighted by molar-refractivity contribution is 1.21. The van der Waals surface area contributed by atoms with Crippen molar-refractivity contribution >= 4 is 66.0 Å². The summed E-state index contributed by atoms with van der Waals surface area (Å²) in [5.41, 5.74) is 2.59. The molecule has 2 aromatic carbocycles. The van der Waals surface area contributed by atoms with E-state index in [4.69, 9.17) is 23.2 Å². The van der Waals surface area contributed by atoms with Crippen molar-refractivity contribution in [1.82, 2.24) is 9.97 Å². The summed E-state index contributed by atoms with van der Waals surface area (Å²) in [4.78, 5) is 9.00. The number of fused-ring (bicyclic) bond motifs is 1. The van der Waals surface area contributed by atoms with Crippen molar-refractivity contribution in [2.45, 2.75) is 6.92 Å². The molecule has 0 radical (unpaired) electrons. The van der Waals surface area contributed by atoms with E-state index in [9.17, 15) is 0 Å². The van der Waals surface area contributed by atoms with Gasteiger partial charge in [0.05, 0.1) is 10.5 Å². The van der Waals surface area contributed by atoms with Gasteiger partial charge in [-0.25, -0.2) is 9.97 Å². The number of aromatic nitrogens is 2. The maximum atomic E-state index is 6.30. The number of halogens is 4. The first kappa shape index (κ1) is 15.2. The predicted molar refractivity (Wildman–Crippen MR) is 95.1 cm³/mol. The Morgan fingerprint density at radius 1 is 1.00 bits per heavy atom. The van der Waals surface area contributed by atoms with E-state index in [0.717, 1.165) is 31.0 Å². The Morgan fingerprint density at radius 3 is 2.48 bits per heavy atom. The summed E-state index contributed by atoms with van der Waals surface area (Å²) in [7, 11) is 0. The second kappa shape index (κ2) is 5.84. The summed E-state index contributed by atoms with van der Waals surface area (Å²) in [6, 6.07) is 9.43. The molecule has 0 amide bonds. The molecule has 0 saturated carbocycles. The zero-order valence-corrected chi connectivity index (χ0v) is 15.5. The molecular weight excluding hydrogens is 439 g/mol. The van der Waals surface area contributed by atoms with Crippen LogP contribution in [0.25, 0.3) is 22.3 Å². The van der Waals surface area contributed by atoms with Crippen LogP contribution in [0.2, 0.25) is 10.2 Å². The van der Waals surface area contributed by atoms with Crippen molar-refractivity contribution in [3.05, 3.63) is 55.0 Å². The van der Waals surface area contributed by atoms with Crippen molar-refractivity contribution in [1.29, 1.82) is 0 Å². The smallest absolute Gasteiger partial charge is 0.163 e. The van der Waals surface area contributed by atoms with Gasteiger partial charge in [0, 0.05) is 19.9 Å². The lowest BCUT2D eigenvalue weighted by Crippen LogP contribution is -1.95. The number of hydrogen-bond donors (Lipinski definition) is 0. The van der Waals surface area contributed by atoms with E-state index >= 15 is 0 Å². The van der Waals surface area contributed by atoms with Crippen LogP contribution in [0.3, 0.4) is 0 Å². The maximum Gasteiger partial charge on any atom is 0.163 e. The molecule has 6 heteroatoms. The number of rotatable bonds is 1. The minimum Gasteiger partial charge on any atom is -0.228 e. The summed E-state index contributed by atoms with van der Waals surface area (Å²) in [5.74, 6) is 0.520. The lowest BCUT2D eigenvalue weighted by Gasteiger charge is -2.09. The lowest BCUT2D eigenvalue weighted by atomic mass is 10.1. The van der Waals surface area contributed by atoms with Crippen molar-refractivity contribution < 1.29 is 0 Å². The second-order valence-corrected chi connectivity index (χ2v) is 7.07. The fourth-order valence-corrected chi connectivity index (χ4v) is 3.37. The van der Waals surface area contributed by atoms with Gasteiger partial charge in [0.15, 0.2) is 5.82 Å². The van der Waals surface area contributed by atoms with Crippen molar-refractivity contribution in [3.63, 3.8) is 0 Å². The van der Waals surface area contributed by atoms with Crippen LogP contribution in [0.15, 0.2) is 39.3 Å². The zero-order chi connectivity index (χ0) is 15.1. The van der Waals surface area contributed by atoms with Gasteiger partial charge in [0.1, 0.15) is 5.15 Å². The van der Waals surface area contributed by atoms with Crippen LogP contribution in [-0.4, -0.2) is 9.97 Å². The molecule has 21 heavy (non-hydrogen) atoms. The molecule has 0 unspecified atom stereocenters. The fraction of sp³-hybridized carbons (Fsp3) is 0.0667. The average molecular weight is 447 g/mol. The van der Waals surface area contributed by atoms with Gasteiger partial charge < -0.3 is 0 Å². The SMILES string of the molecule is Cc1c(Br)ccc2c(Cl)nc(-c3ccc(Br)cc3Cl)nc12. The predicted octanol–water partition coefficient (Wildman–Crippen LogP) is 6.44. The van der Waals surface area contributed by atoms with E-state index in [1.807, 2.05) is 37.3 Å². The first-order valence-corrected chi connectivity index (χ1v) is 8.39. The molecule has 0 aliphatic rings. The Bertz CT molecular complexity index is 866. The monoisotopic (exact) mass is 444 g/mol. The van der Waals surface area contributed by atoms with Crippen LogP contribution >= 0.6 is 55.1 Å². The number of benzene rings is 2. The van der Waals surface area contributed by atoms with Crippen LogP contribution in [0, 0.1) is 6.92 Å².